The molecule has 0 aliphatic heterocycles. The van der Waals surface area contributed by atoms with Gasteiger partial charge >= 0.3 is 0 Å². The maximum Gasteiger partial charge on any atom is 0.0521 e. The van der Waals surface area contributed by atoms with E-state index in [2.05, 4.69) is 22.9 Å². The molecule has 1 saturated carbocycles. The van der Waals surface area contributed by atoms with Crippen molar-refractivity contribution in [3.8, 4) is 0 Å². The standard InChI is InChI=1S/C8H15BrO/c1-3-8(6-10-2)4-7(8)5-9/h7H,3-6H2,1-2H3. The van der Waals surface area contributed by atoms with Crippen molar-refractivity contribution < 1.29 is 4.74 Å². The summed E-state index contributed by atoms with van der Waals surface area (Å²) in [6.07, 6.45) is 2.61. The van der Waals surface area contributed by atoms with Crippen LogP contribution >= 0.6 is 15.9 Å². The quantitative estimate of drug-likeness (QED) is 0.643. The van der Waals surface area contributed by atoms with Gasteiger partial charge in [-0.15, -0.1) is 0 Å². The lowest BCUT2D eigenvalue weighted by molar-refractivity contribution is 0.132. The maximum absolute atomic E-state index is 5.17. The van der Waals surface area contributed by atoms with Gasteiger partial charge in [0.1, 0.15) is 0 Å². The smallest absolute Gasteiger partial charge is 0.0521 e. The van der Waals surface area contributed by atoms with Crippen LogP contribution in [-0.4, -0.2) is 19.0 Å². The van der Waals surface area contributed by atoms with E-state index in [9.17, 15) is 0 Å². The van der Waals surface area contributed by atoms with Crippen molar-refractivity contribution in [2.24, 2.45) is 11.3 Å². The molecule has 2 heteroatoms. The van der Waals surface area contributed by atoms with Gasteiger partial charge in [0, 0.05) is 12.4 Å². The molecule has 2 unspecified atom stereocenters. The van der Waals surface area contributed by atoms with E-state index in [1.165, 1.54) is 12.8 Å². The van der Waals surface area contributed by atoms with Crippen molar-refractivity contribution in [2.45, 2.75) is 19.8 Å². The monoisotopic (exact) mass is 206 g/mol. The average molecular weight is 207 g/mol. The number of hydrogen-bond acceptors (Lipinski definition) is 1. The lowest BCUT2D eigenvalue weighted by atomic mass is 10.0. The Labute approximate surface area is 71.3 Å². The third-order valence-corrected chi connectivity index (χ3v) is 3.46. The van der Waals surface area contributed by atoms with Gasteiger partial charge in [0.05, 0.1) is 6.61 Å². The van der Waals surface area contributed by atoms with Crippen molar-refractivity contribution in [1.82, 2.24) is 0 Å². The zero-order chi connectivity index (χ0) is 7.61. The Kier molecular flexibility index (Phi) is 2.75. The van der Waals surface area contributed by atoms with Gasteiger partial charge in [-0.3, -0.25) is 0 Å². The van der Waals surface area contributed by atoms with E-state index >= 15 is 0 Å². The number of methoxy groups -OCH3 is 1. The normalized spacial score (nSPS) is 38.1. The second-order valence-corrected chi connectivity index (χ2v) is 3.85. The Hall–Kier alpha value is 0.440. The molecule has 0 aromatic carbocycles. The fourth-order valence-corrected chi connectivity index (χ4v) is 2.56. The summed E-state index contributed by atoms with van der Waals surface area (Å²) in [7, 11) is 1.79. The Morgan fingerprint density at radius 2 is 2.40 bits per heavy atom. The summed E-state index contributed by atoms with van der Waals surface area (Å²) in [6, 6.07) is 0. The van der Waals surface area contributed by atoms with E-state index < -0.39 is 0 Å². The molecule has 60 valence electrons. The van der Waals surface area contributed by atoms with Crippen molar-refractivity contribution in [2.75, 3.05) is 19.0 Å². The summed E-state index contributed by atoms with van der Waals surface area (Å²) in [5.41, 5.74) is 0.540. The van der Waals surface area contributed by atoms with Crippen LogP contribution in [0.25, 0.3) is 0 Å². The summed E-state index contributed by atoms with van der Waals surface area (Å²) < 4.78 is 5.17. The first kappa shape index (κ1) is 8.54. The second-order valence-electron chi connectivity index (χ2n) is 3.20. The number of rotatable bonds is 4. The van der Waals surface area contributed by atoms with Gasteiger partial charge in [0.25, 0.3) is 0 Å². The van der Waals surface area contributed by atoms with Gasteiger partial charge in [0.2, 0.25) is 0 Å². The fraction of sp³-hybridized carbons (Fsp3) is 1.00. The van der Waals surface area contributed by atoms with Crippen LogP contribution in [0.2, 0.25) is 0 Å². The molecule has 0 bridgehead atoms. The molecule has 0 N–H and O–H groups in total. The molecule has 1 nitrogen and oxygen atoms in total. The molecule has 0 aromatic rings. The molecule has 0 spiro atoms. The first-order valence-electron chi connectivity index (χ1n) is 3.84. The van der Waals surface area contributed by atoms with E-state index in [0.29, 0.717) is 5.41 Å². The molecule has 0 heterocycles. The Morgan fingerprint density at radius 3 is 2.70 bits per heavy atom. The number of hydrogen-bond donors (Lipinski definition) is 0. The molecule has 2 atom stereocenters. The van der Waals surface area contributed by atoms with Crippen molar-refractivity contribution in [3.05, 3.63) is 0 Å². The van der Waals surface area contributed by atoms with Gasteiger partial charge in [-0.2, -0.15) is 0 Å². The SMILES string of the molecule is CCC1(COC)CC1CBr. The van der Waals surface area contributed by atoms with Gasteiger partial charge in [-0.05, 0) is 24.2 Å². The molecule has 0 saturated heterocycles. The topological polar surface area (TPSA) is 9.23 Å². The van der Waals surface area contributed by atoms with E-state index in [0.717, 1.165) is 17.9 Å². The highest BCUT2D eigenvalue weighted by molar-refractivity contribution is 9.09. The lowest BCUT2D eigenvalue weighted by Gasteiger charge is -2.11. The Morgan fingerprint density at radius 1 is 1.70 bits per heavy atom. The maximum atomic E-state index is 5.17. The van der Waals surface area contributed by atoms with Crippen LogP contribution in [-0.2, 0) is 4.74 Å². The van der Waals surface area contributed by atoms with Crippen LogP contribution in [0.5, 0.6) is 0 Å². The predicted molar refractivity (Wildman–Crippen MR) is 46.5 cm³/mol. The van der Waals surface area contributed by atoms with Crippen LogP contribution in [0.3, 0.4) is 0 Å². The molecule has 1 fully saturated rings. The number of ether oxygens (including phenoxy) is 1. The summed E-state index contributed by atoms with van der Waals surface area (Å²) in [5.74, 6) is 0.873. The van der Waals surface area contributed by atoms with Gasteiger partial charge in [-0.25, -0.2) is 0 Å². The first-order chi connectivity index (χ1) is 4.79. The minimum Gasteiger partial charge on any atom is -0.384 e. The summed E-state index contributed by atoms with van der Waals surface area (Å²) in [6.45, 7) is 3.20. The molecule has 1 aliphatic carbocycles. The van der Waals surface area contributed by atoms with Crippen molar-refractivity contribution >= 4 is 15.9 Å². The van der Waals surface area contributed by atoms with Crippen molar-refractivity contribution in [1.29, 1.82) is 0 Å². The number of alkyl halides is 1. The minimum atomic E-state index is 0.540. The van der Waals surface area contributed by atoms with Gasteiger partial charge < -0.3 is 4.74 Å². The molecular weight excluding hydrogens is 192 g/mol. The highest BCUT2D eigenvalue weighted by atomic mass is 79.9. The average Bonchev–Trinajstić information content (AvgIpc) is 2.65. The van der Waals surface area contributed by atoms with E-state index in [1.54, 1.807) is 7.11 Å². The predicted octanol–water partition coefficient (Wildman–Crippen LogP) is 2.44. The van der Waals surface area contributed by atoms with Crippen LogP contribution in [0.15, 0.2) is 0 Å². The second kappa shape index (κ2) is 3.22. The molecule has 0 aromatic heterocycles. The fourth-order valence-electron chi connectivity index (χ4n) is 1.65. The minimum absolute atomic E-state index is 0.540. The van der Waals surface area contributed by atoms with E-state index in [1.807, 2.05) is 0 Å². The van der Waals surface area contributed by atoms with Crippen molar-refractivity contribution in [3.63, 3.8) is 0 Å². The molecule has 1 aliphatic rings. The molecule has 1 rings (SSSR count). The van der Waals surface area contributed by atoms with Crippen LogP contribution in [0.4, 0.5) is 0 Å². The van der Waals surface area contributed by atoms with E-state index in [4.69, 9.17) is 4.74 Å². The molecule has 10 heavy (non-hydrogen) atoms. The largest absolute Gasteiger partial charge is 0.384 e. The highest BCUT2D eigenvalue weighted by Crippen LogP contribution is 2.55. The third-order valence-electron chi connectivity index (χ3n) is 2.68. The number of halogens is 1. The van der Waals surface area contributed by atoms with Gasteiger partial charge in [0.15, 0.2) is 0 Å². The van der Waals surface area contributed by atoms with Gasteiger partial charge in [-0.1, -0.05) is 22.9 Å². The van der Waals surface area contributed by atoms with Crippen LogP contribution in [0.1, 0.15) is 19.8 Å². The molecule has 0 amide bonds. The lowest BCUT2D eigenvalue weighted by Crippen LogP contribution is -2.10. The van der Waals surface area contributed by atoms with Crippen LogP contribution in [0, 0.1) is 11.3 Å². The molecule has 0 radical (unpaired) electrons. The first-order valence-corrected chi connectivity index (χ1v) is 4.96. The molecular formula is C8H15BrO. The summed E-state index contributed by atoms with van der Waals surface area (Å²) in [4.78, 5) is 0. The third kappa shape index (κ3) is 1.37. The highest BCUT2D eigenvalue weighted by Gasteiger charge is 2.51. The van der Waals surface area contributed by atoms with E-state index in [-0.39, 0.29) is 0 Å². The summed E-state index contributed by atoms with van der Waals surface area (Å²) >= 11 is 3.51. The summed E-state index contributed by atoms with van der Waals surface area (Å²) in [5, 5.41) is 1.14. The Bertz CT molecular complexity index is 116. The zero-order valence-electron chi connectivity index (χ0n) is 6.69. The Balaban J connectivity index is 2.34. The van der Waals surface area contributed by atoms with Crippen LogP contribution < -0.4 is 0 Å². The zero-order valence-corrected chi connectivity index (χ0v) is 8.28.